The Bertz CT molecular complexity index is 443. The molecule has 0 aliphatic heterocycles. The van der Waals surface area contributed by atoms with Crippen LogP contribution in [0.5, 0.6) is 0 Å². The molecule has 0 saturated heterocycles. The quantitative estimate of drug-likeness (QED) is 0.780. The molecule has 0 aliphatic rings. The summed E-state index contributed by atoms with van der Waals surface area (Å²) in [6.45, 7) is 3.62. The lowest BCUT2D eigenvalue weighted by Crippen LogP contribution is -2.41. The number of hydrogen-bond acceptors (Lipinski definition) is 3. The van der Waals surface area contributed by atoms with Crippen LogP contribution in [0.2, 0.25) is 15.1 Å². The standard InChI is InChI=1S/C12H15Cl3N2O2/c1-6(18)5-16-7(2)12(19)17-11-9(14)3-8(13)4-10(11)15/h3-4,6-7,16,18H,5H2,1-2H3,(H,17,19). The Morgan fingerprint density at radius 3 is 2.26 bits per heavy atom. The zero-order valence-corrected chi connectivity index (χ0v) is 12.8. The summed E-state index contributed by atoms with van der Waals surface area (Å²) in [5.74, 6) is -0.299. The lowest BCUT2D eigenvalue weighted by atomic mass is 10.2. The molecule has 7 heteroatoms. The molecule has 0 bridgehead atoms. The number of halogens is 3. The van der Waals surface area contributed by atoms with Crippen LogP contribution >= 0.6 is 34.8 Å². The number of carbonyl (C=O) groups excluding carboxylic acids is 1. The summed E-state index contributed by atoms with van der Waals surface area (Å²) < 4.78 is 0. The second-order valence-corrected chi connectivity index (χ2v) is 5.46. The summed E-state index contributed by atoms with van der Waals surface area (Å²) in [7, 11) is 0. The molecule has 0 radical (unpaired) electrons. The van der Waals surface area contributed by atoms with Crippen molar-refractivity contribution in [2.45, 2.75) is 26.0 Å². The second-order valence-electron chi connectivity index (χ2n) is 4.21. The van der Waals surface area contributed by atoms with Crippen molar-refractivity contribution in [1.29, 1.82) is 0 Å². The van der Waals surface area contributed by atoms with Crippen molar-refractivity contribution in [1.82, 2.24) is 5.32 Å². The fraction of sp³-hybridized carbons (Fsp3) is 0.417. The van der Waals surface area contributed by atoms with Gasteiger partial charge in [0.05, 0.1) is 27.9 Å². The average Bonchev–Trinajstić information content (AvgIpc) is 2.30. The lowest BCUT2D eigenvalue weighted by molar-refractivity contribution is -0.117. The van der Waals surface area contributed by atoms with Crippen LogP contribution in [0, 0.1) is 0 Å². The number of hydrogen-bond donors (Lipinski definition) is 3. The number of nitrogens with one attached hydrogen (secondary N) is 2. The molecule has 0 saturated carbocycles. The zero-order chi connectivity index (χ0) is 14.6. The molecule has 106 valence electrons. The van der Waals surface area contributed by atoms with Crippen molar-refractivity contribution in [2.24, 2.45) is 0 Å². The summed E-state index contributed by atoms with van der Waals surface area (Å²) in [5.41, 5.74) is 0.323. The summed E-state index contributed by atoms with van der Waals surface area (Å²) in [4.78, 5) is 11.9. The van der Waals surface area contributed by atoms with Crippen LogP contribution in [0.4, 0.5) is 5.69 Å². The summed E-state index contributed by atoms with van der Waals surface area (Å²) in [6, 6.07) is 2.51. The highest BCUT2D eigenvalue weighted by Crippen LogP contribution is 2.33. The van der Waals surface area contributed by atoms with Gasteiger partial charge in [0.15, 0.2) is 0 Å². The van der Waals surface area contributed by atoms with Crippen molar-refractivity contribution < 1.29 is 9.90 Å². The fourth-order valence-electron chi connectivity index (χ4n) is 1.33. The molecular formula is C12H15Cl3N2O2. The van der Waals surface area contributed by atoms with E-state index in [2.05, 4.69) is 10.6 Å². The predicted molar refractivity (Wildman–Crippen MR) is 79.2 cm³/mol. The highest BCUT2D eigenvalue weighted by molar-refractivity contribution is 6.42. The van der Waals surface area contributed by atoms with Crippen LogP contribution in [0.1, 0.15) is 13.8 Å². The highest BCUT2D eigenvalue weighted by atomic mass is 35.5. The highest BCUT2D eigenvalue weighted by Gasteiger charge is 2.16. The van der Waals surface area contributed by atoms with E-state index in [1.54, 1.807) is 13.8 Å². The molecule has 2 atom stereocenters. The minimum atomic E-state index is -0.530. The number of carbonyl (C=O) groups is 1. The molecule has 1 rings (SSSR count). The first kappa shape index (κ1) is 16.5. The first-order valence-corrected chi connectivity index (χ1v) is 6.81. The largest absolute Gasteiger partial charge is 0.392 e. The molecule has 0 aliphatic carbocycles. The van der Waals surface area contributed by atoms with Gasteiger partial charge in [-0.2, -0.15) is 0 Å². The van der Waals surface area contributed by atoms with Gasteiger partial charge >= 0.3 is 0 Å². The number of aliphatic hydroxyl groups excluding tert-OH is 1. The van der Waals surface area contributed by atoms with Gasteiger partial charge in [-0.3, -0.25) is 4.79 Å². The molecule has 1 aromatic rings. The normalized spacial score (nSPS) is 14.0. The van der Waals surface area contributed by atoms with Crippen molar-refractivity contribution >= 4 is 46.4 Å². The van der Waals surface area contributed by atoms with Gasteiger partial charge in [-0.1, -0.05) is 34.8 Å². The number of aliphatic hydroxyl groups is 1. The third-order valence-electron chi connectivity index (χ3n) is 2.37. The molecule has 1 amide bonds. The van der Waals surface area contributed by atoms with Gasteiger partial charge in [0.1, 0.15) is 0 Å². The Balaban J connectivity index is 2.72. The van der Waals surface area contributed by atoms with Gasteiger partial charge in [-0.15, -0.1) is 0 Å². The first-order valence-electron chi connectivity index (χ1n) is 5.68. The Morgan fingerprint density at radius 2 is 1.79 bits per heavy atom. The summed E-state index contributed by atoms with van der Waals surface area (Å²) in [5, 5.41) is 15.6. The van der Waals surface area contributed by atoms with Gasteiger partial charge < -0.3 is 15.7 Å². The van der Waals surface area contributed by atoms with E-state index in [0.717, 1.165) is 0 Å². The van der Waals surface area contributed by atoms with Crippen LogP contribution in [0.25, 0.3) is 0 Å². The third-order valence-corrected chi connectivity index (χ3v) is 3.18. The molecule has 0 heterocycles. The smallest absolute Gasteiger partial charge is 0.241 e. The molecule has 1 aromatic carbocycles. The number of benzene rings is 1. The molecule has 0 fully saturated rings. The lowest BCUT2D eigenvalue weighted by Gasteiger charge is -2.16. The molecular weight excluding hydrogens is 311 g/mol. The topological polar surface area (TPSA) is 61.4 Å². The molecule has 0 aromatic heterocycles. The Labute approximate surface area is 127 Å². The van der Waals surface area contributed by atoms with E-state index in [1.165, 1.54) is 12.1 Å². The van der Waals surface area contributed by atoms with E-state index in [0.29, 0.717) is 17.3 Å². The van der Waals surface area contributed by atoms with E-state index in [4.69, 9.17) is 39.9 Å². The molecule has 19 heavy (non-hydrogen) atoms. The summed E-state index contributed by atoms with van der Waals surface area (Å²) in [6.07, 6.45) is -0.530. The van der Waals surface area contributed by atoms with Crippen LogP contribution in [0.15, 0.2) is 12.1 Å². The second kappa shape index (κ2) is 7.31. The average molecular weight is 326 g/mol. The van der Waals surface area contributed by atoms with E-state index >= 15 is 0 Å². The predicted octanol–water partition coefficient (Wildman–Crippen LogP) is 2.94. The number of amides is 1. The fourth-order valence-corrected chi connectivity index (χ4v) is 2.24. The zero-order valence-electron chi connectivity index (χ0n) is 10.5. The van der Waals surface area contributed by atoms with Crippen LogP contribution < -0.4 is 10.6 Å². The SMILES string of the molecule is CC(O)CNC(C)C(=O)Nc1c(Cl)cc(Cl)cc1Cl. The molecule has 3 N–H and O–H groups in total. The van der Waals surface area contributed by atoms with Crippen LogP contribution in [-0.2, 0) is 4.79 Å². The van der Waals surface area contributed by atoms with Gasteiger partial charge in [0.2, 0.25) is 5.91 Å². The minimum absolute atomic E-state index is 0.272. The maximum absolute atomic E-state index is 11.9. The molecule has 0 spiro atoms. The summed E-state index contributed by atoms with van der Waals surface area (Å²) >= 11 is 17.7. The maximum atomic E-state index is 11.9. The van der Waals surface area contributed by atoms with Gasteiger partial charge in [-0.25, -0.2) is 0 Å². The van der Waals surface area contributed by atoms with E-state index in [-0.39, 0.29) is 16.0 Å². The first-order chi connectivity index (χ1) is 8.81. The van der Waals surface area contributed by atoms with Crippen molar-refractivity contribution in [3.63, 3.8) is 0 Å². The van der Waals surface area contributed by atoms with Crippen molar-refractivity contribution in [2.75, 3.05) is 11.9 Å². The Hall–Kier alpha value is -0.520. The van der Waals surface area contributed by atoms with Gasteiger partial charge in [-0.05, 0) is 26.0 Å². The van der Waals surface area contributed by atoms with E-state index < -0.39 is 12.1 Å². The minimum Gasteiger partial charge on any atom is -0.392 e. The van der Waals surface area contributed by atoms with Gasteiger partial charge in [0.25, 0.3) is 0 Å². The van der Waals surface area contributed by atoms with E-state index in [9.17, 15) is 4.79 Å². The monoisotopic (exact) mass is 324 g/mol. The van der Waals surface area contributed by atoms with Gasteiger partial charge in [0, 0.05) is 11.6 Å². The Kier molecular flexibility index (Phi) is 6.36. The Morgan fingerprint density at radius 1 is 1.26 bits per heavy atom. The van der Waals surface area contributed by atoms with Crippen molar-refractivity contribution in [3.05, 3.63) is 27.2 Å². The number of rotatable bonds is 5. The van der Waals surface area contributed by atoms with Crippen LogP contribution in [-0.4, -0.2) is 29.7 Å². The third kappa shape index (κ3) is 5.16. The number of anilines is 1. The maximum Gasteiger partial charge on any atom is 0.241 e. The molecule has 4 nitrogen and oxygen atoms in total. The van der Waals surface area contributed by atoms with Crippen molar-refractivity contribution in [3.8, 4) is 0 Å². The van der Waals surface area contributed by atoms with Crippen LogP contribution in [0.3, 0.4) is 0 Å². The molecule has 2 unspecified atom stereocenters. The van der Waals surface area contributed by atoms with E-state index in [1.807, 2.05) is 0 Å².